The molecule has 1 aliphatic heterocycles. The number of fused-ring (bicyclic) bond motifs is 1. The maximum atomic E-state index is 6.16. The van der Waals surface area contributed by atoms with E-state index in [-0.39, 0.29) is 12.1 Å². The van der Waals surface area contributed by atoms with Crippen LogP contribution in [0.3, 0.4) is 0 Å². The van der Waals surface area contributed by atoms with Gasteiger partial charge in [0, 0.05) is 50.7 Å². The molecule has 0 saturated carbocycles. The largest absolute Gasteiger partial charge is 0.374 e. The molecule has 0 bridgehead atoms. The zero-order valence-electron chi connectivity index (χ0n) is 15.4. The van der Waals surface area contributed by atoms with Gasteiger partial charge in [0.1, 0.15) is 0 Å². The summed E-state index contributed by atoms with van der Waals surface area (Å²) in [6, 6.07) is 2.70. The van der Waals surface area contributed by atoms with Gasteiger partial charge in [-0.3, -0.25) is 14.3 Å². The smallest absolute Gasteiger partial charge is 0.0911 e. The minimum atomic E-state index is 0.121. The molecule has 25 heavy (non-hydrogen) atoms. The van der Waals surface area contributed by atoms with E-state index < -0.39 is 0 Å². The van der Waals surface area contributed by atoms with Crippen molar-refractivity contribution in [3.63, 3.8) is 0 Å². The summed E-state index contributed by atoms with van der Waals surface area (Å²) in [5, 5.41) is 12.6. The Morgan fingerprint density at radius 1 is 1.24 bits per heavy atom. The molecule has 7 heteroatoms. The number of hydrogen-bond acceptors (Lipinski definition) is 5. The molecule has 0 aromatic carbocycles. The Morgan fingerprint density at radius 3 is 2.92 bits per heavy atom. The molecule has 1 unspecified atom stereocenters. The van der Waals surface area contributed by atoms with Crippen LogP contribution in [0.1, 0.15) is 41.9 Å². The Kier molecular flexibility index (Phi) is 4.62. The fourth-order valence-corrected chi connectivity index (χ4v) is 4.30. The monoisotopic (exact) mass is 344 g/mol. The van der Waals surface area contributed by atoms with Gasteiger partial charge < -0.3 is 10.1 Å². The fourth-order valence-electron chi connectivity index (χ4n) is 4.30. The summed E-state index contributed by atoms with van der Waals surface area (Å²) >= 11 is 0. The lowest BCUT2D eigenvalue weighted by Gasteiger charge is -2.40. The molecule has 7 nitrogen and oxygen atoms in total. The lowest BCUT2D eigenvalue weighted by Crippen LogP contribution is -2.48. The predicted molar refractivity (Wildman–Crippen MR) is 95.2 cm³/mol. The number of morpholine rings is 1. The maximum absolute atomic E-state index is 6.16. The number of nitrogens with one attached hydrogen (secondary N) is 1. The van der Waals surface area contributed by atoms with Crippen LogP contribution in [-0.2, 0) is 25.3 Å². The third kappa shape index (κ3) is 3.12. The van der Waals surface area contributed by atoms with Gasteiger partial charge in [0.25, 0.3) is 0 Å². The molecule has 1 fully saturated rings. The average molecular weight is 344 g/mol. The van der Waals surface area contributed by atoms with Gasteiger partial charge in [-0.05, 0) is 32.4 Å². The molecule has 0 amide bonds. The maximum Gasteiger partial charge on any atom is 0.0911 e. The highest BCUT2D eigenvalue weighted by atomic mass is 16.5. The van der Waals surface area contributed by atoms with E-state index in [1.165, 1.54) is 23.4 Å². The average Bonchev–Trinajstić information content (AvgIpc) is 3.20. The van der Waals surface area contributed by atoms with E-state index in [9.17, 15) is 0 Å². The first kappa shape index (κ1) is 16.8. The summed E-state index contributed by atoms with van der Waals surface area (Å²) in [4.78, 5) is 2.38. The molecule has 2 aromatic rings. The Bertz CT molecular complexity index is 723. The lowest BCUT2D eigenvalue weighted by molar-refractivity contribution is -0.0649. The van der Waals surface area contributed by atoms with Gasteiger partial charge in [-0.15, -0.1) is 0 Å². The van der Waals surface area contributed by atoms with E-state index in [0.29, 0.717) is 6.04 Å². The number of aryl methyl sites for hydroxylation is 2. The van der Waals surface area contributed by atoms with Crippen LogP contribution < -0.4 is 5.32 Å². The third-order valence-electron chi connectivity index (χ3n) is 5.71. The van der Waals surface area contributed by atoms with Crippen molar-refractivity contribution < 1.29 is 4.74 Å². The highest BCUT2D eigenvalue weighted by molar-refractivity contribution is 5.24. The van der Waals surface area contributed by atoms with E-state index in [2.05, 4.69) is 33.5 Å². The van der Waals surface area contributed by atoms with E-state index >= 15 is 0 Å². The van der Waals surface area contributed by atoms with Crippen molar-refractivity contribution in [1.29, 1.82) is 0 Å². The first-order chi connectivity index (χ1) is 12.1. The fraction of sp³-hybridized carbons (Fsp3) is 0.667. The zero-order valence-corrected chi connectivity index (χ0v) is 15.4. The van der Waals surface area contributed by atoms with Crippen LogP contribution in [0.5, 0.6) is 0 Å². The van der Waals surface area contributed by atoms with Crippen LogP contribution in [0.15, 0.2) is 18.5 Å². The first-order valence-corrected chi connectivity index (χ1v) is 9.19. The van der Waals surface area contributed by atoms with Crippen LogP contribution in [0, 0.1) is 0 Å². The lowest BCUT2D eigenvalue weighted by atomic mass is 9.92. The molecule has 2 aromatic heterocycles. The van der Waals surface area contributed by atoms with Crippen molar-refractivity contribution in [2.75, 3.05) is 26.7 Å². The second kappa shape index (κ2) is 6.90. The van der Waals surface area contributed by atoms with Crippen LogP contribution in [0.4, 0.5) is 0 Å². The van der Waals surface area contributed by atoms with Gasteiger partial charge in [-0.25, -0.2) is 0 Å². The van der Waals surface area contributed by atoms with Crippen molar-refractivity contribution in [3.8, 4) is 0 Å². The molecule has 4 rings (SSSR count). The zero-order chi connectivity index (χ0) is 17.4. The molecule has 1 N–H and O–H groups in total. The minimum absolute atomic E-state index is 0.121. The van der Waals surface area contributed by atoms with Gasteiger partial charge in [0.05, 0.1) is 30.6 Å². The van der Waals surface area contributed by atoms with Crippen LogP contribution >= 0.6 is 0 Å². The number of aromatic nitrogens is 4. The van der Waals surface area contributed by atoms with Crippen LogP contribution in [0.25, 0.3) is 0 Å². The molecule has 0 spiro atoms. The Balaban J connectivity index is 1.49. The van der Waals surface area contributed by atoms with Crippen molar-refractivity contribution in [2.45, 2.75) is 37.5 Å². The van der Waals surface area contributed by atoms with Gasteiger partial charge in [-0.1, -0.05) is 0 Å². The van der Waals surface area contributed by atoms with Gasteiger partial charge in [0.2, 0.25) is 0 Å². The summed E-state index contributed by atoms with van der Waals surface area (Å²) < 4.78 is 10.1. The summed E-state index contributed by atoms with van der Waals surface area (Å²) in [7, 11) is 6.22. The quantitative estimate of drug-likeness (QED) is 0.903. The van der Waals surface area contributed by atoms with Gasteiger partial charge >= 0.3 is 0 Å². The summed E-state index contributed by atoms with van der Waals surface area (Å²) in [5.74, 6) is 0. The van der Waals surface area contributed by atoms with Crippen molar-refractivity contribution >= 4 is 0 Å². The van der Waals surface area contributed by atoms with E-state index in [4.69, 9.17) is 4.74 Å². The topological polar surface area (TPSA) is 60.1 Å². The molecular formula is C18H28N6O. The molecular weight excluding hydrogens is 316 g/mol. The van der Waals surface area contributed by atoms with E-state index in [0.717, 1.165) is 32.5 Å². The van der Waals surface area contributed by atoms with Crippen LogP contribution in [-0.4, -0.2) is 57.3 Å². The van der Waals surface area contributed by atoms with Gasteiger partial charge in [0.15, 0.2) is 0 Å². The highest BCUT2D eigenvalue weighted by Gasteiger charge is 2.34. The van der Waals surface area contributed by atoms with E-state index in [1.54, 1.807) is 0 Å². The highest BCUT2D eigenvalue weighted by Crippen LogP contribution is 2.31. The number of ether oxygens (including phenoxy) is 1. The standard InChI is InChI=1S/C18H28N6O/c1-22-9-10-25-17(18(22)16-7-8-20-24(16)3)12-19-14-5-4-6-15-13(14)11-21-23(15)2/h7-8,11,14,17-19H,4-6,9-10,12H2,1-3H3/t14?,17-,18-/m0/s1. The second-order valence-electron chi connectivity index (χ2n) is 7.24. The molecule has 3 heterocycles. The molecule has 1 saturated heterocycles. The Hall–Kier alpha value is -1.70. The molecule has 0 radical (unpaired) electrons. The number of nitrogens with zero attached hydrogens (tertiary/aromatic N) is 5. The molecule has 136 valence electrons. The van der Waals surface area contributed by atoms with E-state index in [1.807, 2.05) is 35.9 Å². The molecule has 3 atom stereocenters. The minimum Gasteiger partial charge on any atom is -0.374 e. The number of rotatable bonds is 4. The van der Waals surface area contributed by atoms with Crippen molar-refractivity contribution in [2.24, 2.45) is 14.1 Å². The second-order valence-corrected chi connectivity index (χ2v) is 7.24. The normalized spacial score (nSPS) is 27.4. The first-order valence-electron chi connectivity index (χ1n) is 9.19. The van der Waals surface area contributed by atoms with Crippen molar-refractivity contribution in [1.82, 2.24) is 29.8 Å². The predicted octanol–water partition coefficient (Wildman–Crippen LogP) is 1.19. The molecule has 2 aliphatic rings. The Labute approximate surface area is 148 Å². The number of hydrogen-bond donors (Lipinski definition) is 1. The summed E-state index contributed by atoms with van der Waals surface area (Å²) in [6.45, 7) is 2.56. The third-order valence-corrected chi connectivity index (χ3v) is 5.71. The number of likely N-dealkylation sites (N-methyl/N-ethyl adjacent to an activating group) is 1. The molecule has 1 aliphatic carbocycles. The van der Waals surface area contributed by atoms with Gasteiger partial charge in [-0.2, -0.15) is 10.2 Å². The van der Waals surface area contributed by atoms with Crippen LogP contribution in [0.2, 0.25) is 0 Å². The van der Waals surface area contributed by atoms with Crippen molar-refractivity contribution in [3.05, 3.63) is 35.4 Å². The Morgan fingerprint density at radius 2 is 2.12 bits per heavy atom. The SMILES string of the molecule is CN1CCO[C@@H](CNC2CCCc3c2cnn3C)[C@@H]1c1ccnn1C. The summed E-state index contributed by atoms with van der Waals surface area (Å²) in [5.41, 5.74) is 3.93. The summed E-state index contributed by atoms with van der Waals surface area (Å²) in [6.07, 6.45) is 7.52.